The van der Waals surface area contributed by atoms with Gasteiger partial charge >= 0.3 is 0 Å². The normalized spacial score (nSPS) is 13.6. The topological polar surface area (TPSA) is 78.5 Å². The van der Waals surface area contributed by atoms with Crippen LogP contribution in [0.25, 0.3) is 0 Å². The zero-order valence-corrected chi connectivity index (χ0v) is 14.9. The van der Waals surface area contributed by atoms with Gasteiger partial charge in [0, 0.05) is 37.8 Å². The zero-order chi connectivity index (χ0) is 19.4. The number of halogens is 1. The van der Waals surface area contributed by atoms with Crippen molar-refractivity contribution in [3.63, 3.8) is 0 Å². The third-order valence-corrected chi connectivity index (χ3v) is 4.31. The second kappa shape index (κ2) is 7.99. The molecule has 0 saturated carbocycles. The minimum absolute atomic E-state index is 0.116. The van der Waals surface area contributed by atoms with Gasteiger partial charge in [0.05, 0.1) is 5.56 Å². The first-order chi connectivity index (χ1) is 12.9. The first-order valence-corrected chi connectivity index (χ1v) is 8.68. The standard InChI is InChI=1S/C20H20FN3O3/c1-13(25)23-15-6-9-18(21)17(11-15)20(27)22-12-14-4-7-16(8-5-14)24-10-2-3-19(24)26/h4-9,11H,2-3,10,12H2,1H3,(H,22,27)(H,23,25). The number of anilines is 2. The molecule has 27 heavy (non-hydrogen) atoms. The van der Waals surface area contributed by atoms with Crippen molar-refractivity contribution in [2.24, 2.45) is 0 Å². The molecule has 2 aromatic rings. The summed E-state index contributed by atoms with van der Waals surface area (Å²) >= 11 is 0. The van der Waals surface area contributed by atoms with Gasteiger partial charge in [0.15, 0.2) is 0 Å². The van der Waals surface area contributed by atoms with Gasteiger partial charge in [0.2, 0.25) is 11.8 Å². The van der Waals surface area contributed by atoms with E-state index in [1.54, 1.807) is 4.90 Å². The van der Waals surface area contributed by atoms with E-state index in [0.29, 0.717) is 12.1 Å². The Bertz CT molecular complexity index is 881. The lowest BCUT2D eigenvalue weighted by Crippen LogP contribution is -2.25. The van der Waals surface area contributed by atoms with Crippen LogP contribution in [-0.4, -0.2) is 24.3 Å². The van der Waals surface area contributed by atoms with Gasteiger partial charge in [-0.25, -0.2) is 4.39 Å². The third kappa shape index (κ3) is 4.49. The van der Waals surface area contributed by atoms with Crippen molar-refractivity contribution in [1.29, 1.82) is 0 Å². The molecule has 0 spiro atoms. The number of carbonyl (C=O) groups excluding carboxylic acids is 3. The van der Waals surface area contributed by atoms with Gasteiger partial charge in [0.25, 0.3) is 5.91 Å². The number of rotatable bonds is 5. The third-order valence-electron chi connectivity index (χ3n) is 4.31. The van der Waals surface area contributed by atoms with Crippen LogP contribution in [0, 0.1) is 5.82 Å². The summed E-state index contributed by atoms with van der Waals surface area (Å²) < 4.78 is 13.9. The largest absolute Gasteiger partial charge is 0.348 e. The maximum atomic E-state index is 13.9. The van der Waals surface area contributed by atoms with Crippen molar-refractivity contribution in [2.75, 3.05) is 16.8 Å². The predicted molar refractivity (Wildman–Crippen MR) is 99.9 cm³/mol. The summed E-state index contributed by atoms with van der Waals surface area (Å²) in [5.41, 5.74) is 1.88. The molecule has 1 fully saturated rings. The molecule has 1 aliphatic rings. The fraction of sp³-hybridized carbons (Fsp3) is 0.250. The number of hydrogen-bond donors (Lipinski definition) is 2. The predicted octanol–water partition coefficient (Wildman–Crippen LogP) is 2.84. The molecule has 0 unspecified atom stereocenters. The first kappa shape index (κ1) is 18.6. The lowest BCUT2D eigenvalue weighted by Gasteiger charge is -2.16. The molecule has 0 bridgehead atoms. The second-order valence-electron chi connectivity index (χ2n) is 6.37. The van der Waals surface area contributed by atoms with Crippen molar-refractivity contribution in [3.05, 3.63) is 59.4 Å². The Morgan fingerprint density at radius 3 is 2.52 bits per heavy atom. The Morgan fingerprint density at radius 2 is 1.89 bits per heavy atom. The van der Waals surface area contributed by atoms with Crippen LogP contribution in [0.1, 0.15) is 35.7 Å². The van der Waals surface area contributed by atoms with E-state index in [1.807, 2.05) is 24.3 Å². The Balaban J connectivity index is 1.63. The van der Waals surface area contributed by atoms with Crippen molar-refractivity contribution in [2.45, 2.75) is 26.3 Å². The quantitative estimate of drug-likeness (QED) is 0.851. The van der Waals surface area contributed by atoms with Gasteiger partial charge in [-0.05, 0) is 42.3 Å². The van der Waals surface area contributed by atoms with E-state index in [-0.39, 0.29) is 23.9 Å². The highest BCUT2D eigenvalue weighted by Gasteiger charge is 2.21. The summed E-state index contributed by atoms with van der Waals surface area (Å²) in [6, 6.07) is 11.2. The molecule has 0 atom stereocenters. The van der Waals surface area contributed by atoms with Crippen LogP contribution in [0.2, 0.25) is 0 Å². The van der Waals surface area contributed by atoms with Gasteiger partial charge < -0.3 is 15.5 Å². The molecule has 0 radical (unpaired) electrons. The van der Waals surface area contributed by atoms with E-state index in [0.717, 1.165) is 30.3 Å². The fourth-order valence-corrected chi connectivity index (χ4v) is 2.97. The second-order valence-corrected chi connectivity index (χ2v) is 6.37. The summed E-state index contributed by atoms with van der Waals surface area (Å²) in [7, 11) is 0. The molecular formula is C20H20FN3O3. The summed E-state index contributed by atoms with van der Waals surface area (Å²) in [4.78, 5) is 36.9. The number of nitrogens with one attached hydrogen (secondary N) is 2. The highest BCUT2D eigenvalue weighted by molar-refractivity contribution is 5.97. The van der Waals surface area contributed by atoms with Gasteiger partial charge in [0.1, 0.15) is 5.82 Å². The molecule has 1 heterocycles. The Labute approximate surface area is 156 Å². The molecule has 1 aliphatic heterocycles. The van der Waals surface area contributed by atoms with E-state index in [1.165, 1.54) is 19.1 Å². The molecule has 0 aliphatic carbocycles. The molecule has 3 rings (SSSR count). The first-order valence-electron chi connectivity index (χ1n) is 8.68. The molecule has 6 nitrogen and oxygen atoms in total. The SMILES string of the molecule is CC(=O)Nc1ccc(F)c(C(=O)NCc2ccc(N3CCCC3=O)cc2)c1. The Morgan fingerprint density at radius 1 is 1.15 bits per heavy atom. The van der Waals surface area contributed by atoms with Gasteiger partial charge in [-0.15, -0.1) is 0 Å². The average Bonchev–Trinajstić information content (AvgIpc) is 3.07. The molecular weight excluding hydrogens is 349 g/mol. The minimum atomic E-state index is -0.663. The van der Waals surface area contributed by atoms with Gasteiger partial charge in [-0.2, -0.15) is 0 Å². The van der Waals surface area contributed by atoms with Crippen molar-refractivity contribution < 1.29 is 18.8 Å². The minimum Gasteiger partial charge on any atom is -0.348 e. The number of benzene rings is 2. The van der Waals surface area contributed by atoms with Crippen LogP contribution in [0.3, 0.4) is 0 Å². The van der Waals surface area contributed by atoms with Crippen molar-refractivity contribution in [3.8, 4) is 0 Å². The summed E-state index contributed by atoms with van der Waals surface area (Å²) in [6.45, 7) is 2.28. The van der Waals surface area contributed by atoms with Crippen LogP contribution in [-0.2, 0) is 16.1 Å². The summed E-state index contributed by atoms with van der Waals surface area (Å²) in [5.74, 6) is -1.42. The molecule has 1 saturated heterocycles. The smallest absolute Gasteiger partial charge is 0.254 e. The molecule has 7 heteroatoms. The van der Waals surface area contributed by atoms with E-state index in [2.05, 4.69) is 10.6 Å². The Hall–Kier alpha value is -3.22. The Kier molecular flexibility index (Phi) is 5.49. The molecule has 0 aromatic heterocycles. The maximum Gasteiger partial charge on any atom is 0.254 e. The van der Waals surface area contributed by atoms with E-state index in [9.17, 15) is 18.8 Å². The van der Waals surface area contributed by atoms with Crippen LogP contribution in [0.15, 0.2) is 42.5 Å². The molecule has 140 valence electrons. The van der Waals surface area contributed by atoms with Gasteiger partial charge in [-0.1, -0.05) is 12.1 Å². The number of amides is 3. The zero-order valence-electron chi connectivity index (χ0n) is 14.9. The van der Waals surface area contributed by atoms with E-state index in [4.69, 9.17) is 0 Å². The number of carbonyl (C=O) groups is 3. The highest BCUT2D eigenvalue weighted by atomic mass is 19.1. The lowest BCUT2D eigenvalue weighted by molar-refractivity contribution is -0.117. The van der Waals surface area contributed by atoms with E-state index < -0.39 is 11.7 Å². The lowest BCUT2D eigenvalue weighted by atomic mass is 10.1. The van der Waals surface area contributed by atoms with Crippen LogP contribution >= 0.6 is 0 Å². The monoisotopic (exact) mass is 369 g/mol. The molecule has 3 amide bonds. The number of nitrogens with zero attached hydrogens (tertiary/aromatic N) is 1. The van der Waals surface area contributed by atoms with Crippen LogP contribution in [0.5, 0.6) is 0 Å². The van der Waals surface area contributed by atoms with Crippen LogP contribution in [0.4, 0.5) is 15.8 Å². The van der Waals surface area contributed by atoms with Gasteiger partial charge in [-0.3, -0.25) is 14.4 Å². The van der Waals surface area contributed by atoms with E-state index >= 15 is 0 Å². The summed E-state index contributed by atoms with van der Waals surface area (Å²) in [6.07, 6.45) is 1.43. The summed E-state index contributed by atoms with van der Waals surface area (Å²) in [5, 5.41) is 5.18. The molecule has 2 N–H and O–H groups in total. The number of hydrogen-bond acceptors (Lipinski definition) is 3. The fourth-order valence-electron chi connectivity index (χ4n) is 2.97. The van der Waals surface area contributed by atoms with Crippen LogP contribution < -0.4 is 15.5 Å². The molecule has 2 aromatic carbocycles. The van der Waals surface area contributed by atoms with Crippen molar-refractivity contribution >= 4 is 29.1 Å². The maximum absolute atomic E-state index is 13.9. The average molecular weight is 369 g/mol. The highest BCUT2D eigenvalue weighted by Crippen LogP contribution is 2.21. The van der Waals surface area contributed by atoms with Crippen molar-refractivity contribution in [1.82, 2.24) is 5.32 Å².